The third-order valence-corrected chi connectivity index (χ3v) is 3.63. The molecule has 0 atom stereocenters. The van der Waals surface area contributed by atoms with Crippen LogP contribution in [0.5, 0.6) is 0 Å². The van der Waals surface area contributed by atoms with Gasteiger partial charge in [-0.25, -0.2) is 19.5 Å². The van der Waals surface area contributed by atoms with Gasteiger partial charge in [-0.2, -0.15) is 4.98 Å². The first-order valence-corrected chi connectivity index (χ1v) is 6.41. The highest BCUT2D eigenvalue weighted by Crippen LogP contribution is 2.20. The first-order chi connectivity index (χ1) is 9.31. The number of aromatic amines is 1. The first kappa shape index (κ1) is 10.4. The van der Waals surface area contributed by atoms with E-state index < -0.39 is 0 Å². The number of nitrogens with one attached hydrogen (secondary N) is 2. The van der Waals surface area contributed by atoms with Gasteiger partial charge in [0.05, 0.1) is 12.0 Å². The summed E-state index contributed by atoms with van der Waals surface area (Å²) < 4.78 is 1.79. The number of anilines is 2. The molecule has 0 aromatic carbocycles. The van der Waals surface area contributed by atoms with Crippen LogP contribution in [0.4, 0.5) is 11.8 Å². The topological polar surface area (TPSA) is 96.7 Å². The molecule has 0 saturated heterocycles. The summed E-state index contributed by atoms with van der Waals surface area (Å²) in [4.78, 5) is 20.5. The van der Waals surface area contributed by atoms with Gasteiger partial charge < -0.3 is 10.3 Å². The molecule has 9 heteroatoms. The van der Waals surface area contributed by atoms with Crippen LogP contribution in [0.1, 0.15) is 5.69 Å². The van der Waals surface area contributed by atoms with Crippen LogP contribution < -0.4 is 5.32 Å². The zero-order valence-electron chi connectivity index (χ0n) is 9.82. The lowest BCUT2D eigenvalue weighted by Gasteiger charge is -2.00. The van der Waals surface area contributed by atoms with Crippen molar-refractivity contribution in [1.82, 2.24) is 34.5 Å². The fraction of sp³-hybridized carbons (Fsp3) is 0.100. The number of rotatable bonds is 2. The lowest BCUT2D eigenvalue weighted by atomic mass is 10.5. The Balaban J connectivity index is 1.79. The molecular formula is C10H8N8S. The van der Waals surface area contributed by atoms with Gasteiger partial charge in [-0.05, 0) is 6.92 Å². The Morgan fingerprint density at radius 2 is 2.26 bits per heavy atom. The molecule has 4 aromatic heterocycles. The molecule has 0 saturated carbocycles. The molecule has 0 aliphatic heterocycles. The van der Waals surface area contributed by atoms with Crippen molar-refractivity contribution >= 4 is 39.2 Å². The molecule has 19 heavy (non-hydrogen) atoms. The van der Waals surface area contributed by atoms with Gasteiger partial charge in [0.15, 0.2) is 11.5 Å². The Labute approximate surface area is 110 Å². The molecule has 2 N–H and O–H groups in total. The number of aromatic nitrogens is 7. The monoisotopic (exact) mass is 272 g/mol. The summed E-state index contributed by atoms with van der Waals surface area (Å²) in [6.45, 7) is 1.99. The summed E-state index contributed by atoms with van der Waals surface area (Å²) in [5.74, 6) is 1.11. The molecule has 4 heterocycles. The normalized spacial score (nSPS) is 11.4. The lowest BCUT2D eigenvalue weighted by molar-refractivity contribution is 0.935. The fourth-order valence-corrected chi connectivity index (χ4v) is 2.61. The number of hydrogen-bond acceptors (Lipinski definition) is 7. The smallest absolute Gasteiger partial charge is 0.249 e. The van der Waals surface area contributed by atoms with E-state index in [0.29, 0.717) is 17.4 Å². The summed E-state index contributed by atoms with van der Waals surface area (Å²) in [5.41, 5.74) is 2.39. The van der Waals surface area contributed by atoms with E-state index in [0.717, 1.165) is 16.2 Å². The summed E-state index contributed by atoms with van der Waals surface area (Å²) >= 11 is 1.55. The predicted octanol–water partition coefficient (Wildman–Crippen LogP) is 1.51. The molecule has 0 aliphatic rings. The predicted molar refractivity (Wildman–Crippen MR) is 70.6 cm³/mol. The van der Waals surface area contributed by atoms with Crippen LogP contribution in [0.2, 0.25) is 0 Å². The average molecular weight is 272 g/mol. The Morgan fingerprint density at radius 1 is 1.32 bits per heavy atom. The number of thiazole rings is 1. The van der Waals surface area contributed by atoms with E-state index in [1.807, 2.05) is 12.3 Å². The second-order valence-electron chi connectivity index (χ2n) is 3.96. The van der Waals surface area contributed by atoms with Crippen LogP contribution in [0, 0.1) is 6.92 Å². The second-order valence-corrected chi connectivity index (χ2v) is 4.79. The van der Waals surface area contributed by atoms with Gasteiger partial charge in [0.25, 0.3) is 0 Å². The van der Waals surface area contributed by atoms with Crippen LogP contribution in [-0.2, 0) is 0 Å². The van der Waals surface area contributed by atoms with Gasteiger partial charge >= 0.3 is 0 Å². The molecule has 94 valence electrons. The lowest BCUT2D eigenvalue weighted by Crippen LogP contribution is -1.98. The molecule has 0 spiro atoms. The SMILES string of the molecule is Cc1csc2nc(Nc3ncnc4nc[nH]c34)nn12. The number of H-pyrrole nitrogens is 1. The second kappa shape index (κ2) is 3.72. The number of fused-ring (bicyclic) bond motifs is 2. The van der Waals surface area contributed by atoms with Crippen molar-refractivity contribution in [2.45, 2.75) is 6.92 Å². The van der Waals surface area contributed by atoms with Gasteiger partial charge in [-0.1, -0.05) is 0 Å². The largest absolute Gasteiger partial charge is 0.340 e. The number of nitrogens with zero attached hydrogens (tertiary/aromatic N) is 6. The molecule has 4 aromatic rings. The molecule has 0 unspecified atom stereocenters. The van der Waals surface area contributed by atoms with E-state index in [-0.39, 0.29) is 0 Å². The maximum Gasteiger partial charge on any atom is 0.249 e. The van der Waals surface area contributed by atoms with Crippen molar-refractivity contribution in [2.24, 2.45) is 0 Å². The molecule has 4 rings (SSSR count). The fourth-order valence-electron chi connectivity index (χ4n) is 1.81. The standard InChI is InChI=1S/C10H8N8S/c1-5-2-19-10-16-9(17-18(5)10)15-8-6-7(12-3-11-6)13-4-14-8/h2-4H,1H3,(H2,11,12,13,14,15,17). The van der Waals surface area contributed by atoms with Gasteiger partial charge in [-0.15, -0.1) is 16.4 Å². The minimum absolute atomic E-state index is 0.504. The Kier molecular flexibility index (Phi) is 2.03. The van der Waals surface area contributed by atoms with Gasteiger partial charge in [0.1, 0.15) is 11.8 Å². The number of hydrogen-bond donors (Lipinski definition) is 2. The minimum atomic E-state index is 0.504. The third-order valence-electron chi connectivity index (χ3n) is 2.70. The van der Waals surface area contributed by atoms with Crippen LogP contribution in [0.25, 0.3) is 16.1 Å². The van der Waals surface area contributed by atoms with Gasteiger partial charge in [0, 0.05) is 5.38 Å². The third kappa shape index (κ3) is 1.55. The quantitative estimate of drug-likeness (QED) is 0.574. The van der Waals surface area contributed by atoms with Crippen molar-refractivity contribution in [1.29, 1.82) is 0 Å². The highest BCUT2D eigenvalue weighted by Gasteiger charge is 2.11. The molecule has 0 bridgehead atoms. The average Bonchev–Trinajstić information content (AvgIpc) is 3.08. The van der Waals surface area contributed by atoms with Crippen molar-refractivity contribution in [3.8, 4) is 0 Å². The van der Waals surface area contributed by atoms with E-state index in [2.05, 4.69) is 35.3 Å². The highest BCUT2D eigenvalue weighted by atomic mass is 32.1. The van der Waals surface area contributed by atoms with Crippen molar-refractivity contribution in [3.05, 3.63) is 23.7 Å². The van der Waals surface area contributed by atoms with Crippen molar-refractivity contribution < 1.29 is 0 Å². The van der Waals surface area contributed by atoms with Crippen LogP contribution in [-0.4, -0.2) is 34.5 Å². The Hall–Kier alpha value is -2.55. The molecule has 0 amide bonds. The minimum Gasteiger partial charge on any atom is -0.340 e. The van der Waals surface area contributed by atoms with Crippen LogP contribution in [0.15, 0.2) is 18.0 Å². The maximum absolute atomic E-state index is 4.38. The van der Waals surface area contributed by atoms with Gasteiger partial charge in [-0.3, -0.25) is 0 Å². The first-order valence-electron chi connectivity index (χ1n) is 5.53. The highest BCUT2D eigenvalue weighted by molar-refractivity contribution is 7.15. The maximum atomic E-state index is 4.38. The van der Waals surface area contributed by atoms with Crippen LogP contribution >= 0.6 is 11.3 Å². The van der Waals surface area contributed by atoms with Crippen molar-refractivity contribution in [2.75, 3.05) is 5.32 Å². The van der Waals surface area contributed by atoms with E-state index >= 15 is 0 Å². The summed E-state index contributed by atoms with van der Waals surface area (Å²) in [6.07, 6.45) is 3.03. The molecule has 8 nitrogen and oxygen atoms in total. The molecule has 0 aliphatic carbocycles. The van der Waals surface area contributed by atoms with E-state index in [1.54, 1.807) is 22.2 Å². The summed E-state index contributed by atoms with van der Waals surface area (Å²) in [6, 6.07) is 0. The zero-order valence-corrected chi connectivity index (χ0v) is 10.6. The number of aryl methyl sites for hydroxylation is 1. The van der Waals surface area contributed by atoms with E-state index in [4.69, 9.17) is 0 Å². The molecular weight excluding hydrogens is 264 g/mol. The Bertz CT molecular complexity index is 872. The van der Waals surface area contributed by atoms with Crippen molar-refractivity contribution in [3.63, 3.8) is 0 Å². The summed E-state index contributed by atoms with van der Waals surface area (Å²) in [5, 5.41) is 9.46. The van der Waals surface area contributed by atoms with E-state index in [1.165, 1.54) is 6.33 Å². The molecule has 0 radical (unpaired) electrons. The Morgan fingerprint density at radius 3 is 3.16 bits per heavy atom. The number of imidazole rings is 1. The zero-order chi connectivity index (χ0) is 12.8. The van der Waals surface area contributed by atoms with Gasteiger partial charge in [0.2, 0.25) is 10.9 Å². The summed E-state index contributed by atoms with van der Waals surface area (Å²) in [7, 11) is 0. The van der Waals surface area contributed by atoms with Crippen LogP contribution in [0.3, 0.4) is 0 Å². The van der Waals surface area contributed by atoms with E-state index in [9.17, 15) is 0 Å². The molecule has 0 fully saturated rings.